The highest BCUT2D eigenvalue weighted by Crippen LogP contribution is 2.34. The van der Waals surface area contributed by atoms with Gasteiger partial charge in [-0.15, -0.1) is 0 Å². The van der Waals surface area contributed by atoms with E-state index >= 15 is 0 Å². The molecule has 0 unspecified atom stereocenters. The molecule has 0 bridgehead atoms. The van der Waals surface area contributed by atoms with Gasteiger partial charge in [0.2, 0.25) is 0 Å². The molecule has 0 radical (unpaired) electrons. The van der Waals surface area contributed by atoms with Gasteiger partial charge in [0.25, 0.3) is 5.56 Å². The molecule has 6 heteroatoms. The van der Waals surface area contributed by atoms with Crippen LogP contribution < -0.4 is 5.56 Å². The van der Waals surface area contributed by atoms with Gasteiger partial charge in [-0.3, -0.25) is 4.79 Å². The Hall–Kier alpha value is -1.000. The summed E-state index contributed by atoms with van der Waals surface area (Å²) in [6, 6.07) is 4.69. The van der Waals surface area contributed by atoms with Gasteiger partial charge < -0.3 is 10.1 Å². The van der Waals surface area contributed by atoms with Crippen molar-refractivity contribution in [2.75, 3.05) is 0 Å². The predicted molar refractivity (Wildman–Crippen MR) is 73.5 cm³/mol. The van der Waals surface area contributed by atoms with Crippen LogP contribution in [0.1, 0.15) is 5.56 Å². The lowest BCUT2D eigenvalue weighted by Gasteiger charge is -2.06. The fraction of sp³-hybridized carbons (Fsp3) is 0.0833. The van der Waals surface area contributed by atoms with Crippen molar-refractivity contribution in [2.24, 2.45) is 0 Å². The van der Waals surface area contributed by atoms with Crippen LogP contribution in [0.3, 0.4) is 0 Å². The largest absolute Gasteiger partial charge is 0.392 e. The van der Waals surface area contributed by atoms with Crippen LogP contribution in [-0.4, -0.2) is 10.1 Å². The highest BCUT2D eigenvalue weighted by atomic mass is 35.5. The summed E-state index contributed by atoms with van der Waals surface area (Å²) < 4.78 is 0. The van der Waals surface area contributed by atoms with Crippen LogP contribution in [0.15, 0.2) is 29.2 Å². The summed E-state index contributed by atoms with van der Waals surface area (Å²) in [6.07, 6.45) is 1.45. The topological polar surface area (TPSA) is 53.1 Å². The summed E-state index contributed by atoms with van der Waals surface area (Å²) in [7, 11) is 0. The van der Waals surface area contributed by atoms with E-state index in [0.29, 0.717) is 16.7 Å². The molecule has 0 saturated carbocycles. The maximum atomic E-state index is 11.7. The van der Waals surface area contributed by atoms with E-state index in [-0.39, 0.29) is 27.2 Å². The van der Waals surface area contributed by atoms with Crippen LogP contribution in [0.25, 0.3) is 11.1 Å². The Balaban J connectivity index is 2.65. The van der Waals surface area contributed by atoms with Gasteiger partial charge in [0, 0.05) is 11.8 Å². The molecule has 0 aliphatic rings. The van der Waals surface area contributed by atoms with Crippen LogP contribution in [0.4, 0.5) is 0 Å². The fourth-order valence-corrected chi connectivity index (χ4v) is 2.14. The third-order valence-electron chi connectivity index (χ3n) is 2.44. The van der Waals surface area contributed by atoms with Crippen molar-refractivity contribution in [3.63, 3.8) is 0 Å². The van der Waals surface area contributed by atoms with Crippen molar-refractivity contribution in [1.82, 2.24) is 4.98 Å². The van der Waals surface area contributed by atoms with Crippen LogP contribution in [-0.2, 0) is 6.61 Å². The van der Waals surface area contributed by atoms with E-state index in [1.54, 1.807) is 18.2 Å². The number of aromatic nitrogens is 1. The van der Waals surface area contributed by atoms with Gasteiger partial charge in [0.05, 0.1) is 21.7 Å². The van der Waals surface area contributed by atoms with Crippen molar-refractivity contribution in [3.05, 3.63) is 55.4 Å². The number of aliphatic hydroxyl groups is 1. The number of halogens is 3. The van der Waals surface area contributed by atoms with E-state index in [2.05, 4.69) is 4.98 Å². The number of H-pyrrole nitrogens is 1. The molecule has 94 valence electrons. The molecule has 1 aromatic carbocycles. The first-order valence-electron chi connectivity index (χ1n) is 5.00. The molecule has 0 aliphatic heterocycles. The van der Waals surface area contributed by atoms with Crippen LogP contribution >= 0.6 is 34.8 Å². The lowest BCUT2D eigenvalue weighted by molar-refractivity contribution is 0.281. The number of aromatic amines is 1. The number of hydrogen-bond donors (Lipinski definition) is 2. The number of pyridine rings is 1. The van der Waals surface area contributed by atoms with Crippen LogP contribution in [0, 0.1) is 0 Å². The molecule has 1 aromatic heterocycles. The molecule has 0 aliphatic carbocycles. The monoisotopic (exact) mass is 303 g/mol. The third-order valence-corrected chi connectivity index (χ3v) is 3.64. The number of rotatable bonds is 2. The second-order valence-electron chi connectivity index (χ2n) is 3.66. The van der Waals surface area contributed by atoms with Gasteiger partial charge in [0.1, 0.15) is 0 Å². The molecule has 0 amide bonds. The minimum absolute atomic E-state index is 0.168. The van der Waals surface area contributed by atoms with Gasteiger partial charge in [0.15, 0.2) is 0 Å². The molecule has 18 heavy (non-hydrogen) atoms. The Morgan fingerprint density at radius 3 is 2.28 bits per heavy atom. The second-order valence-corrected chi connectivity index (χ2v) is 4.86. The zero-order valence-electron chi connectivity index (χ0n) is 9.01. The Labute approximate surface area is 118 Å². The van der Waals surface area contributed by atoms with E-state index in [1.807, 2.05) is 0 Å². The van der Waals surface area contributed by atoms with E-state index < -0.39 is 0 Å². The van der Waals surface area contributed by atoms with Gasteiger partial charge in [-0.2, -0.15) is 0 Å². The molecule has 2 rings (SSSR count). The van der Waals surface area contributed by atoms with Gasteiger partial charge in [-0.1, -0.05) is 34.8 Å². The molecule has 0 spiro atoms. The smallest absolute Gasteiger partial charge is 0.255 e. The van der Waals surface area contributed by atoms with Crippen LogP contribution in [0.2, 0.25) is 15.1 Å². The molecular weight excluding hydrogens is 296 g/mol. The van der Waals surface area contributed by atoms with Gasteiger partial charge >= 0.3 is 0 Å². The molecule has 3 nitrogen and oxygen atoms in total. The van der Waals surface area contributed by atoms with Crippen molar-refractivity contribution in [3.8, 4) is 11.1 Å². The van der Waals surface area contributed by atoms with Crippen molar-refractivity contribution < 1.29 is 5.11 Å². The summed E-state index contributed by atoms with van der Waals surface area (Å²) in [5.41, 5.74) is 1.22. The summed E-state index contributed by atoms with van der Waals surface area (Å²) in [5.74, 6) is 0. The Bertz CT molecular complexity index is 629. The summed E-state index contributed by atoms with van der Waals surface area (Å²) in [5, 5.41) is 9.85. The van der Waals surface area contributed by atoms with Gasteiger partial charge in [-0.25, -0.2) is 0 Å². The normalized spacial score (nSPS) is 10.7. The van der Waals surface area contributed by atoms with E-state index in [1.165, 1.54) is 6.20 Å². The van der Waals surface area contributed by atoms with Gasteiger partial charge in [-0.05, 0) is 29.3 Å². The first kappa shape index (κ1) is 13.4. The number of benzene rings is 1. The Morgan fingerprint density at radius 1 is 1.11 bits per heavy atom. The lowest BCUT2D eigenvalue weighted by Crippen LogP contribution is -2.09. The van der Waals surface area contributed by atoms with E-state index in [0.717, 1.165) is 0 Å². The molecule has 0 saturated heterocycles. The minimum atomic E-state index is -0.290. The zero-order valence-corrected chi connectivity index (χ0v) is 11.3. The average Bonchev–Trinajstić information content (AvgIpc) is 2.36. The van der Waals surface area contributed by atoms with Crippen molar-refractivity contribution in [2.45, 2.75) is 6.61 Å². The molecular formula is C12H8Cl3NO2. The molecule has 0 fully saturated rings. The van der Waals surface area contributed by atoms with E-state index in [9.17, 15) is 4.79 Å². The highest BCUT2D eigenvalue weighted by Gasteiger charge is 2.10. The fourth-order valence-electron chi connectivity index (χ4n) is 1.55. The molecule has 1 heterocycles. The SMILES string of the molecule is O=c1[nH]cc(CO)cc1-c1cc(Cl)c(Cl)c(Cl)c1. The third kappa shape index (κ3) is 2.54. The standard InChI is InChI=1S/C12H8Cl3NO2/c13-9-2-7(3-10(14)11(9)15)8-1-6(5-17)4-16-12(8)18/h1-4,17H,5H2,(H,16,18). The van der Waals surface area contributed by atoms with E-state index in [4.69, 9.17) is 39.9 Å². The summed E-state index contributed by atoms with van der Waals surface area (Å²) in [4.78, 5) is 14.3. The highest BCUT2D eigenvalue weighted by molar-refractivity contribution is 6.48. The average molecular weight is 305 g/mol. The maximum absolute atomic E-state index is 11.7. The minimum Gasteiger partial charge on any atom is -0.392 e. The molecule has 0 atom stereocenters. The quantitative estimate of drug-likeness (QED) is 0.834. The molecule has 2 aromatic rings. The van der Waals surface area contributed by atoms with Crippen molar-refractivity contribution in [1.29, 1.82) is 0 Å². The number of aliphatic hydroxyl groups excluding tert-OH is 1. The first-order valence-corrected chi connectivity index (χ1v) is 6.13. The first-order chi connectivity index (χ1) is 8.52. The Morgan fingerprint density at radius 2 is 1.72 bits per heavy atom. The lowest BCUT2D eigenvalue weighted by atomic mass is 10.1. The number of nitrogens with one attached hydrogen (secondary N) is 1. The molecule has 2 N–H and O–H groups in total. The second kappa shape index (κ2) is 5.33. The van der Waals surface area contributed by atoms with Crippen molar-refractivity contribution >= 4 is 34.8 Å². The predicted octanol–water partition coefficient (Wildman–Crippen LogP) is 3.49. The van der Waals surface area contributed by atoms with Crippen LogP contribution in [0.5, 0.6) is 0 Å². The zero-order chi connectivity index (χ0) is 13.3. The maximum Gasteiger partial charge on any atom is 0.255 e. The summed E-state index contributed by atoms with van der Waals surface area (Å²) >= 11 is 17.7. The summed E-state index contributed by atoms with van der Waals surface area (Å²) in [6.45, 7) is -0.168. The number of hydrogen-bond acceptors (Lipinski definition) is 2. The Kier molecular flexibility index (Phi) is 3.97.